The molecule has 2 rings (SSSR count). The molecule has 0 bridgehead atoms. The minimum absolute atomic E-state index is 0.276. The Balaban J connectivity index is 1.86. The molecule has 0 saturated heterocycles. The maximum atomic E-state index is 12.2. The zero-order valence-corrected chi connectivity index (χ0v) is 17.7. The van der Waals surface area contributed by atoms with Crippen LogP contribution in [0.2, 0.25) is 5.02 Å². The Kier molecular flexibility index (Phi) is 8.01. The standard InChI is InChI=1S/C19H23ClN2O3S2/c1-15-8-9-17(12-18(15)20)22(27(2,24)25)13-19(23)21-10-11-26-14-16-6-4-3-5-7-16/h3-9,12H,10-11,13-14H2,1-2H3,(H,21,23). The van der Waals surface area contributed by atoms with Crippen LogP contribution in [0.1, 0.15) is 11.1 Å². The number of aryl methyl sites for hydroxylation is 1. The minimum atomic E-state index is -3.61. The Bertz CT molecular complexity index is 874. The summed E-state index contributed by atoms with van der Waals surface area (Å²) in [4.78, 5) is 12.2. The Morgan fingerprint density at radius 1 is 1.19 bits per heavy atom. The van der Waals surface area contributed by atoms with Crippen molar-refractivity contribution >= 4 is 45.0 Å². The first kappa shape index (κ1) is 21.6. The highest BCUT2D eigenvalue weighted by Gasteiger charge is 2.21. The van der Waals surface area contributed by atoms with Crippen LogP contribution in [0.15, 0.2) is 48.5 Å². The maximum Gasteiger partial charge on any atom is 0.240 e. The molecule has 2 aromatic carbocycles. The molecule has 0 heterocycles. The van der Waals surface area contributed by atoms with Crippen LogP contribution in [0.3, 0.4) is 0 Å². The highest BCUT2D eigenvalue weighted by Crippen LogP contribution is 2.24. The molecule has 0 spiro atoms. The average molecular weight is 427 g/mol. The number of rotatable bonds is 9. The molecule has 0 aliphatic rings. The second kappa shape index (κ2) is 10.0. The molecular weight excluding hydrogens is 404 g/mol. The van der Waals surface area contributed by atoms with Gasteiger partial charge in [-0.05, 0) is 30.2 Å². The zero-order valence-electron chi connectivity index (χ0n) is 15.3. The van der Waals surface area contributed by atoms with E-state index in [1.165, 1.54) is 5.56 Å². The van der Waals surface area contributed by atoms with Crippen molar-refractivity contribution in [3.63, 3.8) is 0 Å². The van der Waals surface area contributed by atoms with Gasteiger partial charge in [0, 0.05) is 23.1 Å². The lowest BCUT2D eigenvalue weighted by molar-refractivity contribution is -0.119. The number of carbonyl (C=O) groups is 1. The van der Waals surface area contributed by atoms with E-state index in [4.69, 9.17) is 11.6 Å². The molecule has 0 aliphatic heterocycles. The molecule has 5 nitrogen and oxygen atoms in total. The van der Waals surface area contributed by atoms with Crippen LogP contribution in [0.25, 0.3) is 0 Å². The number of carbonyl (C=O) groups excluding carboxylic acids is 1. The van der Waals surface area contributed by atoms with Crippen molar-refractivity contribution in [3.8, 4) is 0 Å². The molecule has 2 aromatic rings. The lowest BCUT2D eigenvalue weighted by Gasteiger charge is -2.22. The summed E-state index contributed by atoms with van der Waals surface area (Å²) in [6.45, 7) is 2.03. The fourth-order valence-corrected chi connectivity index (χ4v) is 4.19. The highest BCUT2D eigenvalue weighted by atomic mass is 35.5. The van der Waals surface area contributed by atoms with E-state index in [9.17, 15) is 13.2 Å². The van der Waals surface area contributed by atoms with Gasteiger partial charge in [-0.3, -0.25) is 9.10 Å². The van der Waals surface area contributed by atoms with Crippen LogP contribution in [0.5, 0.6) is 0 Å². The van der Waals surface area contributed by atoms with Gasteiger partial charge in [0.15, 0.2) is 0 Å². The fraction of sp³-hybridized carbons (Fsp3) is 0.316. The Hall–Kier alpha value is -1.70. The predicted octanol–water partition coefficient (Wildman–Crippen LogP) is 3.46. The molecule has 1 N–H and O–H groups in total. The van der Waals surface area contributed by atoms with Crippen molar-refractivity contribution in [2.45, 2.75) is 12.7 Å². The monoisotopic (exact) mass is 426 g/mol. The number of halogens is 1. The molecule has 27 heavy (non-hydrogen) atoms. The number of hydrogen-bond acceptors (Lipinski definition) is 4. The first-order valence-electron chi connectivity index (χ1n) is 8.39. The van der Waals surface area contributed by atoms with E-state index in [2.05, 4.69) is 17.4 Å². The van der Waals surface area contributed by atoms with Gasteiger partial charge in [-0.2, -0.15) is 11.8 Å². The van der Waals surface area contributed by atoms with E-state index in [-0.39, 0.29) is 12.5 Å². The first-order valence-corrected chi connectivity index (χ1v) is 11.8. The van der Waals surface area contributed by atoms with Gasteiger partial charge in [0.2, 0.25) is 15.9 Å². The van der Waals surface area contributed by atoms with Crippen molar-refractivity contribution in [1.29, 1.82) is 0 Å². The van der Waals surface area contributed by atoms with Crippen molar-refractivity contribution in [3.05, 3.63) is 64.7 Å². The maximum absolute atomic E-state index is 12.2. The summed E-state index contributed by atoms with van der Waals surface area (Å²) in [5, 5.41) is 3.23. The van der Waals surface area contributed by atoms with Gasteiger partial charge in [0.25, 0.3) is 0 Å². The molecule has 0 aromatic heterocycles. The van der Waals surface area contributed by atoms with E-state index in [1.54, 1.807) is 30.0 Å². The van der Waals surface area contributed by atoms with Crippen molar-refractivity contribution in [2.75, 3.05) is 29.4 Å². The number of hydrogen-bond donors (Lipinski definition) is 1. The number of nitrogens with zero attached hydrogens (tertiary/aromatic N) is 1. The number of nitrogens with one attached hydrogen (secondary N) is 1. The van der Waals surface area contributed by atoms with Crippen LogP contribution in [0.4, 0.5) is 5.69 Å². The number of anilines is 1. The molecule has 8 heteroatoms. The Morgan fingerprint density at radius 2 is 1.89 bits per heavy atom. The van der Waals surface area contributed by atoms with Crippen molar-refractivity contribution in [2.24, 2.45) is 0 Å². The summed E-state index contributed by atoms with van der Waals surface area (Å²) < 4.78 is 25.3. The third kappa shape index (κ3) is 7.08. The Morgan fingerprint density at radius 3 is 2.52 bits per heavy atom. The van der Waals surface area contributed by atoms with Crippen LogP contribution in [-0.4, -0.2) is 39.4 Å². The van der Waals surface area contributed by atoms with E-state index in [0.29, 0.717) is 17.3 Å². The summed E-state index contributed by atoms with van der Waals surface area (Å²) >= 11 is 7.80. The molecule has 0 radical (unpaired) electrons. The van der Waals surface area contributed by atoms with Gasteiger partial charge in [0.1, 0.15) is 6.54 Å². The average Bonchev–Trinajstić information content (AvgIpc) is 2.62. The largest absolute Gasteiger partial charge is 0.354 e. The van der Waals surface area contributed by atoms with Gasteiger partial charge in [-0.15, -0.1) is 0 Å². The second-order valence-electron chi connectivity index (χ2n) is 6.09. The van der Waals surface area contributed by atoms with Crippen LogP contribution < -0.4 is 9.62 Å². The van der Waals surface area contributed by atoms with Gasteiger partial charge in [0.05, 0.1) is 11.9 Å². The lowest BCUT2D eigenvalue weighted by Crippen LogP contribution is -2.41. The highest BCUT2D eigenvalue weighted by molar-refractivity contribution is 7.98. The topological polar surface area (TPSA) is 66.5 Å². The predicted molar refractivity (Wildman–Crippen MR) is 114 cm³/mol. The first-order chi connectivity index (χ1) is 12.8. The van der Waals surface area contributed by atoms with Gasteiger partial charge >= 0.3 is 0 Å². The smallest absolute Gasteiger partial charge is 0.240 e. The summed E-state index contributed by atoms with van der Waals surface area (Å²) in [7, 11) is -3.61. The molecule has 1 amide bonds. The molecule has 146 valence electrons. The summed E-state index contributed by atoms with van der Waals surface area (Å²) in [5.74, 6) is 1.27. The van der Waals surface area contributed by atoms with Gasteiger partial charge < -0.3 is 5.32 Å². The van der Waals surface area contributed by atoms with Crippen molar-refractivity contribution < 1.29 is 13.2 Å². The molecule has 0 atom stereocenters. The number of amides is 1. The number of benzene rings is 2. The van der Waals surface area contributed by atoms with E-state index < -0.39 is 10.0 Å². The lowest BCUT2D eigenvalue weighted by atomic mass is 10.2. The number of sulfonamides is 1. The van der Waals surface area contributed by atoms with Gasteiger partial charge in [-0.25, -0.2) is 8.42 Å². The molecule has 0 fully saturated rings. The molecule has 0 unspecified atom stereocenters. The summed E-state index contributed by atoms with van der Waals surface area (Å²) in [6.07, 6.45) is 1.07. The van der Waals surface area contributed by atoms with Crippen LogP contribution in [0, 0.1) is 6.92 Å². The van der Waals surface area contributed by atoms with Crippen LogP contribution in [-0.2, 0) is 20.6 Å². The quantitative estimate of drug-likeness (QED) is 0.623. The van der Waals surface area contributed by atoms with E-state index in [0.717, 1.165) is 27.6 Å². The normalized spacial score (nSPS) is 11.2. The zero-order chi connectivity index (χ0) is 19.9. The third-order valence-electron chi connectivity index (χ3n) is 3.81. The van der Waals surface area contributed by atoms with Gasteiger partial charge in [-0.1, -0.05) is 48.0 Å². The molecule has 0 aliphatic carbocycles. The minimum Gasteiger partial charge on any atom is -0.354 e. The van der Waals surface area contributed by atoms with E-state index in [1.807, 2.05) is 25.1 Å². The fourth-order valence-electron chi connectivity index (χ4n) is 2.35. The number of thioether (sulfide) groups is 1. The molecular formula is C19H23ClN2O3S2. The third-order valence-corrected chi connectivity index (χ3v) is 6.39. The summed E-state index contributed by atoms with van der Waals surface area (Å²) in [6, 6.07) is 15.0. The second-order valence-corrected chi connectivity index (χ2v) is 9.51. The summed E-state index contributed by atoms with van der Waals surface area (Å²) in [5.41, 5.74) is 2.45. The SMILES string of the molecule is Cc1ccc(N(CC(=O)NCCSCc2ccccc2)S(C)(=O)=O)cc1Cl. The Labute approximate surface area is 170 Å². The van der Waals surface area contributed by atoms with Crippen molar-refractivity contribution in [1.82, 2.24) is 5.32 Å². The van der Waals surface area contributed by atoms with E-state index >= 15 is 0 Å². The molecule has 0 saturated carbocycles. The van der Waals surface area contributed by atoms with Crippen LogP contribution >= 0.6 is 23.4 Å².